The van der Waals surface area contributed by atoms with Crippen LogP contribution >= 0.6 is 11.8 Å². The molecule has 168 valence electrons. The lowest BCUT2D eigenvalue weighted by atomic mass is 10.2. The third kappa shape index (κ3) is 4.51. The van der Waals surface area contributed by atoms with Gasteiger partial charge in [0.2, 0.25) is 5.91 Å². The number of aromatic nitrogens is 4. The highest BCUT2D eigenvalue weighted by molar-refractivity contribution is 7.99. The molecule has 0 aliphatic carbocycles. The standard InChI is InChI=1S/C25H18FN5O2S/c26-18-12-10-16(11-13-18)14-27-21(32)15-34-25-28-20-9-5-4-8-19(20)23-29-24(33)22(30-31(23)25)17-6-2-1-3-7-17/h1-13H,14-15H2,(H,27,32). The lowest BCUT2D eigenvalue weighted by molar-refractivity contribution is -0.118. The van der Waals surface area contributed by atoms with Crippen molar-refractivity contribution in [1.82, 2.24) is 24.9 Å². The van der Waals surface area contributed by atoms with Crippen molar-refractivity contribution in [2.45, 2.75) is 11.7 Å². The highest BCUT2D eigenvalue weighted by Gasteiger charge is 2.16. The van der Waals surface area contributed by atoms with Crippen LogP contribution in [0.1, 0.15) is 5.56 Å². The Morgan fingerprint density at radius 1 is 0.941 bits per heavy atom. The van der Waals surface area contributed by atoms with Crippen LogP contribution in [0, 0.1) is 5.82 Å². The zero-order valence-electron chi connectivity index (χ0n) is 17.8. The Hall–Kier alpha value is -4.11. The van der Waals surface area contributed by atoms with E-state index in [-0.39, 0.29) is 29.7 Å². The highest BCUT2D eigenvalue weighted by Crippen LogP contribution is 2.24. The second-order valence-electron chi connectivity index (χ2n) is 7.47. The first-order valence-corrected chi connectivity index (χ1v) is 11.5. The molecule has 0 saturated carbocycles. The normalized spacial score (nSPS) is 11.1. The molecule has 0 bridgehead atoms. The number of carbonyl (C=O) groups is 1. The SMILES string of the molecule is O=C(CSc1nc2ccccc2c2nc(=O)c(-c3ccccc3)nn12)NCc1ccc(F)cc1. The minimum Gasteiger partial charge on any atom is -0.351 e. The number of hydrogen-bond donors (Lipinski definition) is 1. The predicted octanol–water partition coefficient (Wildman–Crippen LogP) is 3.85. The maximum atomic E-state index is 13.1. The predicted molar refractivity (Wildman–Crippen MR) is 129 cm³/mol. The molecule has 2 aromatic heterocycles. The third-order valence-corrected chi connectivity index (χ3v) is 6.06. The molecule has 5 aromatic rings. The number of para-hydroxylation sites is 1. The average molecular weight is 472 g/mol. The lowest BCUT2D eigenvalue weighted by Gasteiger charge is -2.11. The molecular formula is C25H18FN5O2S. The topological polar surface area (TPSA) is 89.2 Å². The Bertz CT molecular complexity index is 1560. The van der Waals surface area contributed by atoms with Gasteiger partial charge in [0.05, 0.1) is 11.3 Å². The summed E-state index contributed by atoms with van der Waals surface area (Å²) < 4.78 is 14.6. The van der Waals surface area contributed by atoms with Gasteiger partial charge in [-0.2, -0.15) is 14.6 Å². The number of halogens is 1. The van der Waals surface area contributed by atoms with Gasteiger partial charge < -0.3 is 5.32 Å². The summed E-state index contributed by atoms with van der Waals surface area (Å²) in [5, 5.41) is 8.51. The Labute approximate surface area is 197 Å². The van der Waals surface area contributed by atoms with Crippen molar-refractivity contribution in [2.75, 3.05) is 5.75 Å². The van der Waals surface area contributed by atoms with Crippen LogP contribution in [0.25, 0.3) is 27.8 Å². The van der Waals surface area contributed by atoms with Crippen LogP contribution < -0.4 is 10.9 Å². The molecule has 0 aliphatic heterocycles. The van der Waals surface area contributed by atoms with Crippen LogP contribution in [-0.2, 0) is 11.3 Å². The first kappa shape index (κ1) is 21.7. The summed E-state index contributed by atoms with van der Waals surface area (Å²) in [6.45, 7) is 0.288. The van der Waals surface area contributed by atoms with E-state index < -0.39 is 5.56 Å². The molecule has 5 rings (SSSR count). The maximum absolute atomic E-state index is 13.1. The van der Waals surface area contributed by atoms with E-state index in [9.17, 15) is 14.0 Å². The molecule has 2 heterocycles. The number of rotatable bonds is 6. The quantitative estimate of drug-likeness (QED) is 0.230. The van der Waals surface area contributed by atoms with Gasteiger partial charge in [-0.3, -0.25) is 9.59 Å². The molecule has 0 atom stereocenters. The van der Waals surface area contributed by atoms with E-state index in [1.807, 2.05) is 42.5 Å². The van der Waals surface area contributed by atoms with Crippen molar-refractivity contribution in [2.24, 2.45) is 0 Å². The van der Waals surface area contributed by atoms with Gasteiger partial charge in [0.25, 0.3) is 5.56 Å². The van der Waals surface area contributed by atoms with E-state index in [2.05, 4.69) is 20.4 Å². The van der Waals surface area contributed by atoms with E-state index >= 15 is 0 Å². The number of hydrogen-bond acceptors (Lipinski definition) is 6. The van der Waals surface area contributed by atoms with Crippen LogP contribution in [0.15, 0.2) is 88.8 Å². The van der Waals surface area contributed by atoms with E-state index in [4.69, 9.17) is 0 Å². The number of amides is 1. The van der Waals surface area contributed by atoms with Crippen molar-refractivity contribution < 1.29 is 9.18 Å². The summed E-state index contributed by atoms with van der Waals surface area (Å²) in [5.74, 6) is -0.459. The fourth-order valence-corrected chi connectivity index (χ4v) is 4.23. The second kappa shape index (κ2) is 9.40. The molecule has 1 amide bonds. The molecule has 3 aromatic carbocycles. The zero-order chi connectivity index (χ0) is 23.5. The van der Waals surface area contributed by atoms with Gasteiger partial charge in [-0.15, -0.1) is 0 Å². The molecule has 0 saturated heterocycles. The van der Waals surface area contributed by atoms with Gasteiger partial charge in [0.1, 0.15) is 5.82 Å². The zero-order valence-corrected chi connectivity index (χ0v) is 18.6. The average Bonchev–Trinajstić information content (AvgIpc) is 2.87. The fourth-order valence-electron chi connectivity index (χ4n) is 3.46. The van der Waals surface area contributed by atoms with Crippen LogP contribution in [0.2, 0.25) is 0 Å². The number of fused-ring (bicyclic) bond motifs is 3. The van der Waals surface area contributed by atoms with Gasteiger partial charge >= 0.3 is 0 Å². The van der Waals surface area contributed by atoms with Gasteiger partial charge in [0, 0.05) is 17.5 Å². The monoisotopic (exact) mass is 471 g/mol. The second-order valence-corrected chi connectivity index (χ2v) is 8.41. The van der Waals surface area contributed by atoms with Crippen molar-refractivity contribution in [3.8, 4) is 11.3 Å². The maximum Gasteiger partial charge on any atom is 0.300 e. The van der Waals surface area contributed by atoms with Crippen LogP contribution in [0.5, 0.6) is 0 Å². The molecule has 0 aliphatic rings. The fraction of sp³-hybridized carbons (Fsp3) is 0.0800. The van der Waals surface area contributed by atoms with Crippen molar-refractivity contribution in [3.63, 3.8) is 0 Å². The van der Waals surface area contributed by atoms with Crippen LogP contribution in [0.3, 0.4) is 0 Å². The Kier molecular flexibility index (Phi) is 6.01. The van der Waals surface area contributed by atoms with Gasteiger partial charge in [0.15, 0.2) is 16.5 Å². The number of nitrogens with one attached hydrogen (secondary N) is 1. The molecule has 0 radical (unpaired) electrons. The summed E-state index contributed by atoms with van der Waals surface area (Å²) in [5.41, 5.74) is 2.25. The smallest absolute Gasteiger partial charge is 0.300 e. The molecule has 9 heteroatoms. The summed E-state index contributed by atoms with van der Waals surface area (Å²) in [6, 6.07) is 22.4. The minimum atomic E-state index is -0.435. The lowest BCUT2D eigenvalue weighted by Crippen LogP contribution is -2.25. The first-order chi connectivity index (χ1) is 16.6. The minimum absolute atomic E-state index is 0.0795. The summed E-state index contributed by atoms with van der Waals surface area (Å²) in [4.78, 5) is 34.2. The van der Waals surface area contributed by atoms with Gasteiger partial charge in [-0.1, -0.05) is 66.4 Å². The number of nitrogens with zero attached hydrogens (tertiary/aromatic N) is 4. The Morgan fingerprint density at radius 2 is 1.68 bits per heavy atom. The van der Waals surface area contributed by atoms with E-state index in [0.717, 1.165) is 5.56 Å². The highest BCUT2D eigenvalue weighted by atomic mass is 32.2. The van der Waals surface area contributed by atoms with Gasteiger partial charge in [-0.05, 0) is 29.8 Å². The first-order valence-electron chi connectivity index (χ1n) is 10.5. The molecule has 0 unspecified atom stereocenters. The number of thioether (sulfide) groups is 1. The largest absolute Gasteiger partial charge is 0.351 e. The summed E-state index contributed by atoms with van der Waals surface area (Å²) >= 11 is 1.20. The summed E-state index contributed by atoms with van der Waals surface area (Å²) in [6.07, 6.45) is 0. The summed E-state index contributed by atoms with van der Waals surface area (Å²) in [7, 11) is 0. The van der Waals surface area contributed by atoms with Crippen LogP contribution in [0.4, 0.5) is 4.39 Å². The molecule has 7 nitrogen and oxygen atoms in total. The molecule has 0 fully saturated rings. The molecule has 0 spiro atoms. The molecular weight excluding hydrogens is 453 g/mol. The third-order valence-electron chi connectivity index (χ3n) is 5.14. The Balaban J connectivity index is 1.47. The Morgan fingerprint density at radius 3 is 2.47 bits per heavy atom. The van der Waals surface area contributed by atoms with Gasteiger partial charge in [-0.25, -0.2) is 9.37 Å². The van der Waals surface area contributed by atoms with E-state index in [1.165, 1.54) is 28.4 Å². The van der Waals surface area contributed by atoms with Crippen molar-refractivity contribution in [1.29, 1.82) is 0 Å². The molecule has 34 heavy (non-hydrogen) atoms. The molecule has 1 N–H and O–H groups in total. The van der Waals surface area contributed by atoms with E-state index in [0.29, 0.717) is 27.3 Å². The van der Waals surface area contributed by atoms with E-state index in [1.54, 1.807) is 24.3 Å². The number of benzene rings is 3. The van der Waals surface area contributed by atoms with Crippen LogP contribution in [-0.4, -0.2) is 31.2 Å². The number of carbonyl (C=O) groups excluding carboxylic acids is 1. The van der Waals surface area contributed by atoms with Crippen molar-refractivity contribution in [3.05, 3.63) is 101 Å². The van der Waals surface area contributed by atoms with Crippen molar-refractivity contribution >= 4 is 34.2 Å².